The van der Waals surface area contributed by atoms with Gasteiger partial charge in [-0.15, -0.1) is 0 Å². The molecule has 1 aliphatic carbocycles. The van der Waals surface area contributed by atoms with Crippen LogP contribution in [0.25, 0.3) is 0 Å². The zero-order chi connectivity index (χ0) is 13.2. The molecule has 1 aromatic heterocycles. The highest BCUT2D eigenvalue weighted by molar-refractivity contribution is 5.97. The van der Waals surface area contributed by atoms with E-state index in [1.165, 1.54) is 25.5 Å². The van der Waals surface area contributed by atoms with Gasteiger partial charge in [-0.2, -0.15) is 4.98 Å². The summed E-state index contributed by atoms with van der Waals surface area (Å²) in [7, 11) is 0. The van der Waals surface area contributed by atoms with Crippen molar-refractivity contribution in [3.8, 4) is 0 Å². The van der Waals surface area contributed by atoms with Gasteiger partial charge in [0.15, 0.2) is 0 Å². The van der Waals surface area contributed by atoms with Gasteiger partial charge in [0, 0.05) is 11.7 Å². The molecule has 0 bridgehead atoms. The molecular weight excluding hydrogens is 230 g/mol. The molecule has 6 nitrogen and oxygen atoms in total. The summed E-state index contributed by atoms with van der Waals surface area (Å²) in [6.07, 6.45) is 7.08. The summed E-state index contributed by atoms with van der Waals surface area (Å²) in [5, 5.41) is 3.32. The predicted octanol–water partition coefficient (Wildman–Crippen LogP) is 1.29. The summed E-state index contributed by atoms with van der Waals surface area (Å²) in [5.74, 6) is 0.0400. The number of hydrogen-bond donors (Lipinski definition) is 3. The van der Waals surface area contributed by atoms with Gasteiger partial charge in [-0.3, -0.25) is 4.79 Å². The number of rotatable bonds is 3. The van der Waals surface area contributed by atoms with Crippen LogP contribution in [0.1, 0.15) is 49.4 Å². The molecule has 0 spiro atoms. The molecule has 2 rings (SSSR count). The highest BCUT2D eigenvalue weighted by Crippen LogP contribution is 2.31. The van der Waals surface area contributed by atoms with E-state index in [-0.39, 0.29) is 17.1 Å². The first-order chi connectivity index (χ1) is 8.50. The summed E-state index contributed by atoms with van der Waals surface area (Å²) in [6, 6.07) is 0. The lowest BCUT2D eigenvalue weighted by atomic mass is 9.83. The lowest BCUT2D eigenvalue weighted by Gasteiger charge is -2.35. The minimum atomic E-state index is -0.545. The van der Waals surface area contributed by atoms with E-state index in [1.54, 1.807) is 0 Å². The third-order valence-electron chi connectivity index (χ3n) is 3.45. The molecule has 5 N–H and O–H groups in total. The minimum Gasteiger partial charge on any atom is -0.368 e. The van der Waals surface area contributed by atoms with Crippen molar-refractivity contribution in [3.63, 3.8) is 0 Å². The smallest absolute Gasteiger partial charge is 0.254 e. The van der Waals surface area contributed by atoms with E-state index in [9.17, 15) is 4.79 Å². The van der Waals surface area contributed by atoms with Crippen LogP contribution < -0.4 is 16.8 Å². The van der Waals surface area contributed by atoms with E-state index in [0.29, 0.717) is 5.82 Å². The van der Waals surface area contributed by atoms with Crippen LogP contribution in [-0.4, -0.2) is 21.4 Å². The summed E-state index contributed by atoms with van der Waals surface area (Å²) in [4.78, 5) is 19.2. The Morgan fingerprint density at radius 1 is 1.39 bits per heavy atom. The molecule has 1 saturated carbocycles. The van der Waals surface area contributed by atoms with Gasteiger partial charge in [0.25, 0.3) is 5.91 Å². The molecule has 1 amide bonds. The van der Waals surface area contributed by atoms with E-state index in [2.05, 4.69) is 22.2 Å². The maximum absolute atomic E-state index is 11.3. The number of carbonyl (C=O) groups is 1. The average molecular weight is 249 g/mol. The number of anilines is 2. The van der Waals surface area contributed by atoms with Crippen molar-refractivity contribution < 1.29 is 4.79 Å². The third kappa shape index (κ3) is 2.69. The fourth-order valence-corrected chi connectivity index (χ4v) is 2.41. The molecular formula is C12H19N5O. The van der Waals surface area contributed by atoms with Crippen molar-refractivity contribution >= 4 is 17.7 Å². The lowest BCUT2D eigenvalue weighted by Crippen LogP contribution is -2.38. The number of amides is 1. The van der Waals surface area contributed by atoms with Gasteiger partial charge >= 0.3 is 0 Å². The van der Waals surface area contributed by atoms with Crippen molar-refractivity contribution in [1.29, 1.82) is 0 Å². The second-order valence-corrected chi connectivity index (χ2v) is 5.10. The van der Waals surface area contributed by atoms with Crippen LogP contribution in [0.5, 0.6) is 0 Å². The first-order valence-corrected chi connectivity index (χ1v) is 6.21. The lowest BCUT2D eigenvalue weighted by molar-refractivity contribution is 0.100. The van der Waals surface area contributed by atoms with Crippen LogP contribution in [0.4, 0.5) is 11.8 Å². The molecule has 1 fully saturated rings. The van der Waals surface area contributed by atoms with Crippen molar-refractivity contribution in [2.24, 2.45) is 5.73 Å². The largest absolute Gasteiger partial charge is 0.368 e. The van der Waals surface area contributed by atoms with Crippen LogP contribution in [0.3, 0.4) is 0 Å². The molecule has 1 aromatic rings. The van der Waals surface area contributed by atoms with E-state index in [4.69, 9.17) is 11.5 Å². The zero-order valence-electron chi connectivity index (χ0n) is 10.6. The molecule has 6 heteroatoms. The topological polar surface area (TPSA) is 107 Å². The van der Waals surface area contributed by atoms with Crippen LogP contribution >= 0.6 is 0 Å². The van der Waals surface area contributed by atoms with E-state index < -0.39 is 5.91 Å². The average Bonchev–Trinajstić information content (AvgIpc) is 2.28. The Hall–Kier alpha value is -1.85. The molecule has 0 aliphatic heterocycles. The highest BCUT2D eigenvalue weighted by atomic mass is 16.1. The van der Waals surface area contributed by atoms with Gasteiger partial charge < -0.3 is 16.8 Å². The fourth-order valence-electron chi connectivity index (χ4n) is 2.41. The number of primary amides is 1. The second-order valence-electron chi connectivity index (χ2n) is 5.10. The number of nitrogens with two attached hydrogens (primary N) is 2. The SMILES string of the molecule is CC1(Nc2nc(N)ncc2C(N)=O)CCCCC1. The molecule has 0 radical (unpaired) electrons. The summed E-state index contributed by atoms with van der Waals surface area (Å²) in [6.45, 7) is 2.13. The summed E-state index contributed by atoms with van der Waals surface area (Å²) < 4.78 is 0. The van der Waals surface area contributed by atoms with Crippen LogP contribution in [-0.2, 0) is 0 Å². The first kappa shape index (κ1) is 12.6. The molecule has 1 heterocycles. The number of hydrogen-bond acceptors (Lipinski definition) is 5. The van der Waals surface area contributed by atoms with E-state index >= 15 is 0 Å². The minimum absolute atomic E-state index is 0.0523. The molecule has 1 aliphatic rings. The molecule has 0 saturated heterocycles. The second kappa shape index (κ2) is 4.80. The summed E-state index contributed by atoms with van der Waals surface area (Å²) >= 11 is 0. The van der Waals surface area contributed by atoms with Crippen molar-refractivity contribution in [2.45, 2.75) is 44.6 Å². The Bertz CT molecular complexity index is 454. The number of carbonyl (C=O) groups excluding carboxylic acids is 1. The quantitative estimate of drug-likeness (QED) is 0.748. The fraction of sp³-hybridized carbons (Fsp3) is 0.583. The van der Waals surface area contributed by atoms with Gasteiger partial charge in [0.05, 0.1) is 5.56 Å². The number of nitrogen functional groups attached to an aromatic ring is 1. The molecule has 0 aromatic carbocycles. The number of nitrogens with zero attached hydrogens (tertiary/aromatic N) is 2. The maximum Gasteiger partial charge on any atom is 0.254 e. The normalized spacial score (nSPS) is 18.3. The Morgan fingerprint density at radius 3 is 2.67 bits per heavy atom. The molecule has 0 unspecified atom stereocenters. The Labute approximate surface area is 106 Å². The highest BCUT2D eigenvalue weighted by Gasteiger charge is 2.28. The zero-order valence-corrected chi connectivity index (χ0v) is 10.6. The number of aromatic nitrogens is 2. The van der Waals surface area contributed by atoms with Gasteiger partial charge in [-0.25, -0.2) is 4.98 Å². The van der Waals surface area contributed by atoms with Gasteiger partial charge in [0.1, 0.15) is 5.82 Å². The van der Waals surface area contributed by atoms with E-state index in [1.807, 2.05) is 0 Å². The van der Waals surface area contributed by atoms with Crippen molar-refractivity contribution in [2.75, 3.05) is 11.1 Å². The van der Waals surface area contributed by atoms with Gasteiger partial charge in [-0.1, -0.05) is 19.3 Å². The molecule has 0 atom stereocenters. The van der Waals surface area contributed by atoms with Crippen LogP contribution in [0.2, 0.25) is 0 Å². The van der Waals surface area contributed by atoms with Gasteiger partial charge in [0.2, 0.25) is 5.95 Å². The number of nitrogens with one attached hydrogen (secondary N) is 1. The standard InChI is InChI=1S/C12H19N5O/c1-12(5-3-2-4-6-12)17-10-8(9(13)18)7-15-11(14)16-10/h7H,2-6H2,1H3,(H2,13,18)(H3,14,15,16,17). The summed E-state index contributed by atoms with van der Waals surface area (Å²) in [5.41, 5.74) is 11.1. The van der Waals surface area contributed by atoms with Crippen LogP contribution in [0.15, 0.2) is 6.20 Å². The van der Waals surface area contributed by atoms with Gasteiger partial charge in [-0.05, 0) is 19.8 Å². The molecule has 98 valence electrons. The Balaban J connectivity index is 2.26. The van der Waals surface area contributed by atoms with Crippen molar-refractivity contribution in [3.05, 3.63) is 11.8 Å². The molecule has 18 heavy (non-hydrogen) atoms. The third-order valence-corrected chi connectivity index (χ3v) is 3.45. The first-order valence-electron chi connectivity index (χ1n) is 6.21. The monoisotopic (exact) mass is 249 g/mol. The Morgan fingerprint density at radius 2 is 2.06 bits per heavy atom. The Kier molecular flexibility index (Phi) is 3.36. The predicted molar refractivity (Wildman–Crippen MR) is 70.1 cm³/mol. The maximum atomic E-state index is 11.3. The van der Waals surface area contributed by atoms with Crippen molar-refractivity contribution in [1.82, 2.24) is 9.97 Å². The van der Waals surface area contributed by atoms with E-state index in [0.717, 1.165) is 12.8 Å². The van der Waals surface area contributed by atoms with Crippen LogP contribution in [0, 0.1) is 0 Å².